The van der Waals surface area contributed by atoms with Crippen molar-refractivity contribution in [2.75, 3.05) is 17.1 Å². The fraction of sp³-hybridized carbons (Fsp3) is 0.238. The topological polar surface area (TPSA) is 84.3 Å². The fourth-order valence-electron chi connectivity index (χ4n) is 2.97. The highest BCUT2D eigenvalue weighted by Crippen LogP contribution is 2.21. The number of nitrogens with zero attached hydrogens (tertiary/aromatic N) is 3. The summed E-state index contributed by atoms with van der Waals surface area (Å²) >= 11 is 0. The molecule has 0 aliphatic carbocycles. The Morgan fingerprint density at radius 1 is 1.14 bits per heavy atom. The quantitative estimate of drug-likeness (QED) is 0.646. The van der Waals surface area contributed by atoms with E-state index in [1.165, 1.54) is 0 Å². The minimum absolute atomic E-state index is 0.276. The van der Waals surface area contributed by atoms with Gasteiger partial charge in [0.05, 0.1) is 24.0 Å². The van der Waals surface area contributed by atoms with Crippen LogP contribution >= 0.6 is 0 Å². The van der Waals surface area contributed by atoms with E-state index in [0.717, 1.165) is 32.9 Å². The molecule has 8 heteroatoms. The van der Waals surface area contributed by atoms with Gasteiger partial charge in [-0.15, -0.1) is 0 Å². The van der Waals surface area contributed by atoms with E-state index in [2.05, 4.69) is 10.3 Å². The van der Waals surface area contributed by atoms with Crippen LogP contribution in [0.15, 0.2) is 61.2 Å². The van der Waals surface area contributed by atoms with Crippen molar-refractivity contribution in [3.8, 4) is 5.69 Å². The minimum atomic E-state index is -3.61. The second-order valence-electron chi connectivity index (χ2n) is 6.91. The Hall–Kier alpha value is -3.13. The van der Waals surface area contributed by atoms with Gasteiger partial charge >= 0.3 is 0 Å². The average molecular weight is 413 g/mol. The number of anilines is 1. The molecule has 0 spiro atoms. The number of aromatic nitrogens is 2. The molecule has 3 aromatic rings. The largest absolute Gasteiger partial charge is 0.350 e. The summed E-state index contributed by atoms with van der Waals surface area (Å²) in [7, 11) is -3.61. The molecule has 7 nitrogen and oxygen atoms in total. The van der Waals surface area contributed by atoms with Crippen LogP contribution in [-0.2, 0) is 21.4 Å². The van der Waals surface area contributed by atoms with Crippen LogP contribution < -0.4 is 9.62 Å². The number of benzene rings is 2. The Bertz CT molecular complexity index is 1110. The molecule has 0 aliphatic rings. The summed E-state index contributed by atoms with van der Waals surface area (Å²) in [6, 6.07) is 13.0. The van der Waals surface area contributed by atoms with Gasteiger partial charge in [-0.3, -0.25) is 9.10 Å². The van der Waals surface area contributed by atoms with E-state index in [9.17, 15) is 13.2 Å². The Morgan fingerprint density at radius 3 is 2.55 bits per heavy atom. The molecule has 152 valence electrons. The highest BCUT2D eigenvalue weighted by Gasteiger charge is 2.21. The molecule has 1 N–H and O–H groups in total. The standard InChI is InChI=1S/C21H24N4O3S/c1-16-8-9-19(12-17(16)2)25(29(3,27)28)14-21(26)23-13-18-6-4-5-7-20(18)24-11-10-22-15-24/h4-12,15H,13-14H2,1-3H3,(H,23,26). The second-order valence-corrected chi connectivity index (χ2v) is 8.82. The van der Waals surface area contributed by atoms with E-state index in [1.807, 2.05) is 54.9 Å². The van der Waals surface area contributed by atoms with Crippen molar-refractivity contribution in [3.63, 3.8) is 0 Å². The molecule has 0 unspecified atom stereocenters. The molecule has 1 aromatic heterocycles. The highest BCUT2D eigenvalue weighted by atomic mass is 32.2. The van der Waals surface area contributed by atoms with E-state index < -0.39 is 10.0 Å². The van der Waals surface area contributed by atoms with Gasteiger partial charge in [0.15, 0.2) is 0 Å². The third-order valence-electron chi connectivity index (χ3n) is 4.72. The van der Waals surface area contributed by atoms with E-state index in [4.69, 9.17) is 0 Å². The van der Waals surface area contributed by atoms with Crippen LogP contribution in [0.4, 0.5) is 5.69 Å². The van der Waals surface area contributed by atoms with Crippen molar-refractivity contribution in [1.29, 1.82) is 0 Å². The van der Waals surface area contributed by atoms with Crippen LogP contribution in [0.25, 0.3) is 5.69 Å². The molecule has 3 rings (SSSR count). The lowest BCUT2D eigenvalue weighted by molar-refractivity contribution is -0.119. The van der Waals surface area contributed by atoms with Gasteiger partial charge in [-0.05, 0) is 48.7 Å². The molecule has 0 aliphatic heterocycles. The lowest BCUT2D eigenvalue weighted by Crippen LogP contribution is -2.40. The zero-order valence-electron chi connectivity index (χ0n) is 16.7. The Balaban J connectivity index is 1.74. The van der Waals surface area contributed by atoms with Crippen LogP contribution in [0, 0.1) is 13.8 Å². The molecule has 2 aromatic carbocycles. The van der Waals surface area contributed by atoms with Gasteiger partial charge in [0.2, 0.25) is 15.9 Å². The maximum Gasteiger partial charge on any atom is 0.241 e. The summed E-state index contributed by atoms with van der Waals surface area (Å²) < 4.78 is 27.5. The number of amides is 1. The van der Waals surface area contributed by atoms with Crippen molar-refractivity contribution in [2.24, 2.45) is 0 Å². The SMILES string of the molecule is Cc1ccc(N(CC(=O)NCc2ccccc2-n2ccnc2)S(C)(=O)=O)cc1C. The number of aryl methyl sites for hydroxylation is 2. The van der Waals surface area contributed by atoms with Gasteiger partial charge in [0.1, 0.15) is 6.54 Å². The maximum absolute atomic E-state index is 12.6. The lowest BCUT2D eigenvalue weighted by Gasteiger charge is -2.23. The van der Waals surface area contributed by atoms with Gasteiger partial charge in [0.25, 0.3) is 0 Å². The van der Waals surface area contributed by atoms with E-state index >= 15 is 0 Å². The number of rotatable bonds is 7. The third kappa shape index (κ3) is 5.03. The van der Waals surface area contributed by atoms with E-state index in [-0.39, 0.29) is 19.0 Å². The predicted molar refractivity (Wildman–Crippen MR) is 114 cm³/mol. The normalized spacial score (nSPS) is 11.3. The molecule has 1 heterocycles. The number of carbonyl (C=O) groups is 1. The smallest absolute Gasteiger partial charge is 0.241 e. The summed E-state index contributed by atoms with van der Waals surface area (Å²) in [6.07, 6.45) is 6.30. The summed E-state index contributed by atoms with van der Waals surface area (Å²) in [5.41, 5.74) is 4.30. The number of imidazole rings is 1. The minimum Gasteiger partial charge on any atom is -0.350 e. The number of sulfonamides is 1. The predicted octanol–water partition coefficient (Wildman–Crippen LogP) is 2.57. The first-order valence-corrected chi connectivity index (χ1v) is 11.0. The van der Waals surface area contributed by atoms with Crippen LogP contribution in [0.5, 0.6) is 0 Å². The van der Waals surface area contributed by atoms with Crippen molar-refractivity contribution in [1.82, 2.24) is 14.9 Å². The molecule has 0 radical (unpaired) electrons. The second kappa shape index (κ2) is 8.48. The van der Waals surface area contributed by atoms with Crippen molar-refractivity contribution < 1.29 is 13.2 Å². The molecule has 0 atom stereocenters. The first-order chi connectivity index (χ1) is 13.8. The molecular formula is C21H24N4O3S. The number of para-hydroxylation sites is 1. The molecule has 0 saturated heterocycles. The van der Waals surface area contributed by atoms with Gasteiger partial charge < -0.3 is 9.88 Å². The number of hydrogen-bond acceptors (Lipinski definition) is 4. The van der Waals surface area contributed by atoms with Crippen LogP contribution in [-0.4, -0.2) is 36.7 Å². The van der Waals surface area contributed by atoms with Crippen LogP contribution in [0.3, 0.4) is 0 Å². The van der Waals surface area contributed by atoms with Crippen molar-refractivity contribution in [3.05, 3.63) is 77.9 Å². The first kappa shape index (κ1) is 20.6. The summed E-state index contributed by atoms with van der Waals surface area (Å²) in [6.45, 7) is 3.85. The molecule has 0 bridgehead atoms. The summed E-state index contributed by atoms with van der Waals surface area (Å²) in [4.78, 5) is 16.6. The molecule has 0 saturated carbocycles. The van der Waals surface area contributed by atoms with Gasteiger partial charge in [-0.25, -0.2) is 13.4 Å². The summed E-state index contributed by atoms with van der Waals surface area (Å²) in [5.74, 6) is -0.380. The van der Waals surface area contributed by atoms with Gasteiger partial charge in [-0.2, -0.15) is 0 Å². The Labute approximate surface area is 171 Å². The van der Waals surface area contributed by atoms with E-state index in [1.54, 1.807) is 24.7 Å². The first-order valence-electron chi connectivity index (χ1n) is 9.13. The van der Waals surface area contributed by atoms with Gasteiger partial charge in [-0.1, -0.05) is 24.3 Å². The molecule has 1 amide bonds. The zero-order valence-corrected chi connectivity index (χ0v) is 17.5. The number of carbonyl (C=O) groups excluding carboxylic acids is 1. The Morgan fingerprint density at radius 2 is 1.90 bits per heavy atom. The fourth-order valence-corrected chi connectivity index (χ4v) is 3.82. The lowest BCUT2D eigenvalue weighted by atomic mass is 10.1. The van der Waals surface area contributed by atoms with Crippen molar-refractivity contribution >= 4 is 21.6 Å². The maximum atomic E-state index is 12.6. The molecule has 29 heavy (non-hydrogen) atoms. The monoisotopic (exact) mass is 412 g/mol. The van der Waals surface area contributed by atoms with Crippen molar-refractivity contribution in [2.45, 2.75) is 20.4 Å². The molecular weight excluding hydrogens is 388 g/mol. The molecule has 0 fully saturated rings. The van der Waals surface area contributed by atoms with Crippen LogP contribution in [0.2, 0.25) is 0 Å². The Kier molecular flexibility index (Phi) is 6.03. The van der Waals surface area contributed by atoms with Gasteiger partial charge in [0, 0.05) is 18.9 Å². The van der Waals surface area contributed by atoms with Crippen LogP contribution in [0.1, 0.15) is 16.7 Å². The summed E-state index contributed by atoms with van der Waals surface area (Å²) in [5, 5.41) is 2.82. The number of nitrogens with one attached hydrogen (secondary N) is 1. The average Bonchev–Trinajstić information content (AvgIpc) is 3.21. The third-order valence-corrected chi connectivity index (χ3v) is 5.86. The highest BCUT2D eigenvalue weighted by molar-refractivity contribution is 7.92. The van der Waals surface area contributed by atoms with E-state index in [0.29, 0.717) is 5.69 Å². The zero-order chi connectivity index (χ0) is 21.0. The number of hydrogen-bond donors (Lipinski definition) is 1.